The summed E-state index contributed by atoms with van der Waals surface area (Å²) in [5.41, 5.74) is 7.87. The Morgan fingerprint density at radius 1 is 1.16 bits per heavy atom. The Hall–Kier alpha value is -3.14. The zero-order valence-electron chi connectivity index (χ0n) is 14.2. The minimum absolute atomic E-state index is 0.281. The van der Waals surface area contributed by atoms with Crippen molar-refractivity contribution in [3.05, 3.63) is 41.2 Å². The van der Waals surface area contributed by atoms with Crippen molar-refractivity contribution < 1.29 is 0 Å². The molecule has 0 fully saturated rings. The fraction of sp³-hybridized carbons (Fsp3) is 0.333. The zero-order chi connectivity index (χ0) is 17.6. The lowest BCUT2D eigenvalue weighted by Gasteiger charge is -2.09. The summed E-state index contributed by atoms with van der Waals surface area (Å²) in [5.74, 6) is 1.11. The van der Waals surface area contributed by atoms with E-state index in [-0.39, 0.29) is 5.82 Å². The van der Waals surface area contributed by atoms with Crippen molar-refractivity contribution in [1.82, 2.24) is 20.4 Å². The summed E-state index contributed by atoms with van der Waals surface area (Å²) in [4.78, 5) is 0. The third-order valence-corrected chi connectivity index (χ3v) is 4.25. The number of rotatable bonds is 7. The highest BCUT2D eigenvalue weighted by molar-refractivity contribution is 5.92. The monoisotopic (exact) mass is 335 g/mol. The van der Waals surface area contributed by atoms with E-state index < -0.39 is 0 Å². The van der Waals surface area contributed by atoms with Gasteiger partial charge in [0.25, 0.3) is 0 Å². The second kappa shape index (κ2) is 7.62. The number of aromatic amines is 1. The average molecular weight is 335 g/mol. The molecule has 0 saturated heterocycles. The Balaban J connectivity index is 1.48. The van der Waals surface area contributed by atoms with Crippen LogP contribution >= 0.6 is 0 Å². The maximum atomic E-state index is 9.05. The van der Waals surface area contributed by atoms with E-state index in [9.17, 15) is 0 Å². The highest BCUT2D eigenvalue weighted by atomic mass is 15.2. The minimum Gasteiger partial charge on any atom is -0.381 e. The van der Waals surface area contributed by atoms with Crippen LogP contribution < -0.4 is 11.1 Å². The molecule has 4 N–H and O–H groups in total. The number of nitrogens with zero attached hydrogens (tertiary/aromatic N) is 4. The lowest BCUT2D eigenvalue weighted by molar-refractivity contribution is 0.686. The number of anilines is 2. The van der Waals surface area contributed by atoms with E-state index in [1.807, 2.05) is 19.1 Å². The van der Waals surface area contributed by atoms with Crippen LogP contribution in [0.1, 0.15) is 36.2 Å². The molecule has 0 aliphatic heterocycles. The van der Waals surface area contributed by atoms with Crippen LogP contribution in [0.3, 0.4) is 0 Å². The SMILES string of the molecule is Cc1nnc(NCCCCCc2[nH]nc(N)c2C#N)c2ccccc12. The Kier molecular flexibility index (Phi) is 5.09. The predicted octanol–water partition coefficient (Wildman–Crippen LogP) is 2.94. The number of H-pyrrole nitrogens is 1. The van der Waals surface area contributed by atoms with Gasteiger partial charge in [-0.2, -0.15) is 15.5 Å². The van der Waals surface area contributed by atoms with E-state index in [0.717, 1.165) is 60.2 Å². The highest BCUT2D eigenvalue weighted by Crippen LogP contribution is 2.22. The van der Waals surface area contributed by atoms with Crippen LogP contribution in [0, 0.1) is 18.3 Å². The van der Waals surface area contributed by atoms with Gasteiger partial charge in [0.1, 0.15) is 11.6 Å². The van der Waals surface area contributed by atoms with Gasteiger partial charge in [0, 0.05) is 17.3 Å². The summed E-state index contributed by atoms with van der Waals surface area (Å²) in [7, 11) is 0. The molecular weight excluding hydrogens is 314 g/mol. The molecule has 25 heavy (non-hydrogen) atoms. The molecule has 0 atom stereocenters. The van der Waals surface area contributed by atoms with Crippen molar-refractivity contribution in [1.29, 1.82) is 5.26 Å². The number of unbranched alkanes of at least 4 members (excludes halogenated alkanes) is 2. The maximum absolute atomic E-state index is 9.05. The molecule has 3 aromatic rings. The number of fused-ring (bicyclic) bond motifs is 1. The first-order valence-electron chi connectivity index (χ1n) is 8.39. The number of aryl methyl sites for hydroxylation is 2. The lowest BCUT2D eigenvalue weighted by Crippen LogP contribution is -2.06. The molecular formula is C18H21N7. The molecule has 1 aromatic carbocycles. The van der Waals surface area contributed by atoms with E-state index in [1.165, 1.54) is 0 Å². The fourth-order valence-corrected chi connectivity index (χ4v) is 2.88. The Labute approximate surface area is 146 Å². The van der Waals surface area contributed by atoms with Gasteiger partial charge in [-0.25, -0.2) is 0 Å². The molecule has 0 bridgehead atoms. The number of benzene rings is 1. The number of nitrogens with one attached hydrogen (secondary N) is 2. The third-order valence-electron chi connectivity index (χ3n) is 4.25. The summed E-state index contributed by atoms with van der Waals surface area (Å²) in [6.07, 6.45) is 3.79. The topological polar surface area (TPSA) is 116 Å². The number of nitriles is 1. The van der Waals surface area contributed by atoms with Crippen LogP contribution in [-0.4, -0.2) is 26.9 Å². The molecule has 0 radical (unpaired) electrons. The average Bonchev–Trinajstić information content (AvgIpc) is 2.99. The number of hydrogen-bond donors (Lipinski definition) is 3. The van der Waals surface area contributed by atoms with Gasteiger partial charge in [-0.15, -0.1) is 5.10 Å². The van der Waals surface area contributed by atoms with Crippen LogP contribution in [0.5, 0.6) is 0 Å². The van der Waals surface area contributed by atoms with Crippen molar-refractivity contribution >= 4 is 22.4 Å². The summed E-state index contributed by atoms with van der Waals surface area (Å²) in [5, 5.41) is 29.9. The molecule has 0 saturated carbocycles. The van der Waals surface area contributed by atoms with Gasteiger partial charge in [-0.3, -0.25) is 5.10 Å². The Morgan fingerprint density at radius 2 is 1.96 bits per heavy atom. The first-order valence-corrected chi connectivity index (χ1v) is 8.39. The molecule has 0 spiro atoms. The predicted molar refractivity (Wildman–Crippen MR) is 98.0 cm³/mol. The normalized spacial score (nSPS) is 10.7. The Morgan fingerprint density at radius 3 is 2.76 bits per heavy atom. The quantitative estimate of drug-likeness (QED) is 0.572. The molecule has 0 aliphatic rings. The van der Waals surface area contributed by atoms with Gasteiger partial charge >= 0.3 is 0 Å². The van der Waals surface area contributed by atoms with Gasteiger partial charge < -0.3 is 11.1 Å². The minimum atomic E-state index is 0.281. The van der Waals surface area contributed by atoms with Crippen molar-refractivity contribution in [2.75, 3.05) is 17.6 Å². The van der Waals surface area contributed by atoms with Gasteiger partial charge in [0.15, 0.2) is 11.6 Å². The number of nitrogen functional groups attached to an aromatic ring is 1. The first kappa shape index (κ1) is 16.7. The van der Waals surface area contributed by atoms with E-state index in [2.05, 4.69) is 43.9 Å². The molecule has 128 valence electrons. The largest absolute Gasteiger partial charge is 0.381 e. The summed E-state index contributed by atoms with van der Waals surface area (Å²) in [6, 6.07) is 10.2. The molecule has 2 aromatic heterocycles. The van der Waals surface area contributed by atoms with E-state index in [1.54, 1.807) is 0 Å². The molecule has 0 amide bonds. The molecule has 0 aliphatic carbocycles. The second-order valence-corrected chi connectivity index (χ2v) is 5.99. The standard InChI is InChI=1S/C18H21N7/c1-12-13-7-4-5-8-14(13)18(25-22-12)21-10-6-2-3-9-16-15(11-19)17(20)24-23-16/h4-5,7-8H,2-3,6,9-10H2,1H3,(H,21,25)(H3,20,23,24). The van der Waals surface area contributed by atoms with Crippen molar-refractivity contribution in [2.24, 2.45) is 0 Å². The molecule has 2 heterocycles. The molecule has 7 nitrogen and oxygen atoms in total. The fourth-order valence-electron chi connectivity index (χ4n) is 2.88. The van der Waals surface area contributed by atoms with Crippen LogP contribution in [0.4, 0.5) is 11.6 Å². The molecule has 7 heteroatoms. The van der Waals surface area contributed by atoms with Crippen molar-refractivity contribution in [2.45, 2.75) is 32.6 Å². The Bertz CT molecular complexity index is 907. The van der Waals surface area contributed by atoms with E-state index in [4.69, 9.17) is 11.0 Å². The van der Waals surface area contributed by atoms with Crippen LogP contribution in [0.15, 0.2) is 24.3 Å². The highest BCUT2D eigenvalue weighted by Gasteiger charge is 2.09. The first-order chi connectivity index (χ1) is 12.2. The van der Waals surface area contributed by atoms with Crippen molar-refractivity contribution in [3.63, 3.8) is 0 Å². The maximum Gasteiger partial charge on any atom is 0.163 e. The van der Waals surface area contributed by atoms with Crippen molar-refractivity contribution in [3.8, 4) is 6.07 Å². The van der Waals surface area contributed by atoms with Gasteiger partial charge in [-0.1, -0.05) is 30.7 Å². The third kappa shape index (κ3) is 3.69. The summed E-state index contributed by atoms with van der Waals surface area (Å²) >= 11 is 0. The number of hydrogen-bond acceptors (Lipinski definition) is 6. The lowest BCUT2D eigenvalue weighted by atomic mass is 10.1. The molecule has 3 rings (SSSR count). The smallest absolute Gasteiger partial charge is 0.163 e. The number of aromatic nitrogens is 4. The van der Waals surface area contributed by atoms with Gasteiger partial charge in [0.2, 0.25) is 0 Å². The molecule has 0 unspecified atom stereocenters. The van der Waals surface area contributed by atoms with Gasteiger partial charge in [-0.05, 0) is 26.2 Å². The summed E-state index contributed by atoms with van der Waals surface area (Å²) < 4.78 is 0. The van der Waals surface area contributed by atoms with E-state index >= 15 is 0 Å². The number of nitrogens with two attached hydrogens (primary N) is 1. The van der Waals surface area contributed by atoms with Crippen LogP contribution in [-0.2, 0) is 6.42 Å². The second-order valence-electron chi connectivity index (χ2n) is 5.99. The van der Waals surface area contributed by atoms with Gasteiger partial charge in [0.05, 0.1) is 11.4 Å². The summed E-state index contributed by atoms with van der Waals surface area (Å²) in [6.45, 7) is 2.80. The van der Waals surface area contributed by atoms with E-state index in [0.29, 0.717) is 5.56 Å². The van der Waals surface area contributed by atoms with Crippen LogP contribution in [0.2, 0.25) is 0 Å². The van der Waals surface area contributed by atoms with Crippen LogP contribution in [0.25, 0.3) is 10.8 Å². The zero-order valence-corrected chi connectivity index (χ0v) is 14.2.